The highest BCUT2D eigenvalue weighted by molar-refractivity contribution is 7.14. The van der Waals surface area contributed by atoms with Crippen LogP contribution in [0.1, 0.15) is 72.8 Å². The molecule has 218 valence electrons. The van der Waals surface area contributed by atoms with Crippen LogP contribution < -0.4 is 9.64 Å². The third-order valence-electron chi connectivity index (χ3n) is 6.76. The van der Waals surface area contributed by atoms with Gasteiger partial charge in [0.25, 0.3) is 0 Å². The lowest BCUT2D eigenvalue weighted by atomic mass is 10.1. The van der Waals surface area contributed by atoms with E-state index >= 15 is 0 Å². The van der Waals surface area contributed by atoms with E-state index in [0.29, 0.717) is 9.75 Å². The molecule has 0 saturated heterocycles. The van der Waals surface area contributed by atoms with Crippen molar-refractivity contribution in [2.75, 3.05) is 11.5 Å². The number of carbonyl (C=O) groups is 2. The first-order valence-electron chi connectivity index (χ1n) is 14.5. The van der Waals surface area contributed by atoms with E-state index in [1.165, 1.54) is 41.9 Å². The van der Waals surface area contributed by atoms with E-state index in [4.69, 9.17) is 4.74 Å². The summed E-state index contributed by atoms with van der Waals surface area (Å²) in [5.74, 6) is 13.6. The van der Waals surface area contributed by atoms with E-state index in [2.05, 4.69) is 71.9 Å². The number of anilines is 3. The molecule has 0 amide bonds. The average Bonchev–Trinajstić information content (AvgIpc) is 3.74. The molecule has 0 saturated carbocycles. The van der Waals surface area contributed by atoms with Gasteiger partial charge in [-0.3, -0.25) is 9.59 Å². The van der Waals surface area contributed by atoms with Crippen molar-refractivity contribution in [3.63, 3.8) is 0 Å². The molecule has 5 rings (SSSR count). The maximum Gasteiger partial charge on any atom is 0.160 e. The Labute approximate surface area is 267 Å². The summed E-state index contributed by atoms with van der Waals surface area (Å²) in [5, 5.41) is 0. The number of thiophene rings is 2. The minimum atomic E-state index is 0.670. The number of hydrogen-bond donors (Lipinski definition) is 0. The quantitative estimate of drug-likeness (QED) is 0.0845. The number of ether oxygens (including phenoxy) is 1. The van der Waals surface area contributed by atoms with Gasteiger partial charge in [-0.2, -0.15) is 0 Å². The minimum absolute atomic E-state index is 0.670. The van der Waals surface area contributed by atoms with Gasteiger partial charge in [-0.15, -0.1) is 22.7 Å². The predicted octanol–water partition coefficient (Wildman–Crippen LogP) is 9.66. The van der Waals surface area contributed by atoms with Crippen molar-refractivity contribution in [1.29, 1.82) is 0 Å². The molecule has 0 spiro atoms. The maximum absolute atomic E-state index is 11.0. The van der Waals surface area contributed by atoms with Crippen LogP contribution in [0.4, 0.5) is 17.1 Å². The van der Waals surface area contributed by atoms with Gasteiger partial charge in [-0.25, -0.2) is 0 Å². The van der Waals surface area contributed by atoms with Crippen LogP contribution in [0.3, 0.4) is 0 Å². The predicted molar refractivity (Wildman–Crippen MR) is 182 cm³/mol. The van der Waals surface area contributed by atoms with Gasteiger partial charge < -0.3 is 9.64 Å². The van der Waals surface area contributed by atoms with Gasteiger partial charge >= 0.3 is 0 Å². The first kappa shape index (κ1) is 30.6. The molecule has 0 aliphatic rings. The Morgan fingerprint density at radius 3 is 1.50 bits per heavy atom. The lowest BCUT2D eigenvalue weighted by Gasteiger charge is -2.25. The Bertz CT molecular complexity index is 1700. The number of hydrogen-bond acceptors (Lipinski definition) is 6. The molecule has 0 aliphatic heterocycles. The van der Waals surface area contributed by atoms with Crippen molar-refractivity contribution in [1.82, 2.24) is 0 Å². The van der Waals surface area contributed by atoms with Crippen molar-refractivity contribution < 1.29 is 14.3 Å². The standard InChI is InChI=1S/C38H31NO3S2/c1-2-3-4-5-26-42-34-18-16-33(17-19-34)39(31-12-6-29(7-13-31)10-20-35-22-24-37(27-40)43-35)32-14-8-30(9-15-32)11-21-36-23-25-38(28-41)44-36/h6-9,12-19,22-25,27-28H,2-5,26H2,1H3. The van der Waals surface area contributed by atoms with Crippen molar-refractivity contribution in [3.05, 3.63) is 128 Å². The van der Waals surface area contributed by atoms with Crippen LogP contribution in [0.15, 0.2) is 97.1 Å². The highest BCUT2D eigenvalue weighted by Gasteiger charge is 2.13. The van der Waals surface area contributed by atoms with E-state index in [1.54, 1.807) is 12.1 Å². The zero-order valence-corrected chi connectivity index (χ0v) is 26.0. The SMILES string of the molecule is CCCCCCOc1ccc(N(c2ccc(C#Cc3ccc(C=O)s3)cc2)c2ccc(C#Cc3ccc(C=O)s3)cc2)cc1. The van der Waals surface area contributed by atoms with E-state index in [9.17, 15) is 9.59 Å². The molecule has 0 bridgehead atoms. The molecule has 3 aromatic carbocycles. The molecular formula is C38H31NO3S2. The van der Waals surface area contributed by atoms with Crippen LogP contribution in [-0.4, -0.2) is 19.2 Å². The van der Waals surface area contributed by atoms with Crippen LogP contribution in [-0.2, 0) is 0 Å². The first-order chi connectivity index (χ1) is 21.6. The van der Waals surface area contributed by atoms with E-state index in [0.717, 1.165) is 69.3 Å². The topological polar surface area (TPSA) is 46.6 Å². The number of carbonyl (C=O) groups excluding carboxylic acids is 2. The Balaban J connectivity index is 1.38. The van der Waals surface area contributed by atoms with Gasteiger partial charge in [0.1, 0.15) is 5.75 Å². The van der Waals surface area contributed by atoms with Crippen LogP contribution in [0, 0.1) is 23.7 Å². The Hall–Kier alpha value is -4.88. The van der Waals surface area contributed by atoms with E-state index < -0.39 is 0 Å². The molecule has 0 fully saturated rings. The smallest absolute Gasteiger partial charge is 0.160 e. The first-order valence-corrected chi connectivity index (χ1v) is 16.2. The second-order valence-corrected chi connectivity index (χ2v) is 12.2. The number of unbranched alkanes of at least 4 members (excludes halogenated alkanes) is 3. The summed E-state index contributed by atoms with van der Waals surface area (Å²) in [6.07, 6.45) is 6.37. The molecule has 44 heavy (non-hydrogen) atoms. The molecule has 0 N–H and O–H groups in total. The van der Waals surface area contributed by atoms with E-state index in [1.807, 2.05) is 48.5 Å². The second kappa shape index (κ2) is 15.5. The molecule has 5 aromatic rings. The normalized spacial score (nSPS) is 10.2. The fourth-order valence-electron chi connectivity index (χ4n) is 4.48. The molecule has 0 atom stereocenters. The monoisotopic (exact) mass is 613 g/mol. The zero-order chi connectivity index (χ0) is 30.6. The third-order valence-corrected chi connectivity index (χ3v) is 8.61. The number of rotatable bonds is 11. The van der Waals surface area contributed by atoms with Crippen molar-refractivity contribution in [3.8, 4) is 29.4 Å². The Kier molecular flexibility index (Phi) is 10.8. The highest BCUT2D eigenvalue weighted by atomic mass is 32.1. The van der Waals surface area contributed by atoms with Gasteiger partial charge in [0.2, 0.25) is 0 Å². The molecule has 2 aromatic heterocycles. The zero-order valence-electron chi connectivity index (χ0n) is 24.4. The van der Waals surface area contributed by atoms with Crippen molar-refractivity contribution >= 4 is 52.3 Å². The summed E-state index contributed by atoms with van der Waals surface area (Å²) < 4.78 is 5.99. The molecule has 4 nitrogen and oxygen atoms in total. The number of benzene rings is 3. The highest BCUT2D eigenvalue weighted by Crippen LogP contribution is 2.35. The van der Waals surface area contributed by atoms with Crippen molar-refractivity contribution in [2.24, 2.45) is 0 Å². The van der Waals surface area contributed by atoms with Crippen LogP contribution in [0.5, 0.6) is 5.75 Å². The molecular weight excluding hydrogens is 583 g/mol. The van der Waals surface area contributed by atoms with Crippen molar-refractivity contribution in [2.45, 2.75) is 32.6 Å². The van der Waals surface area contributed by atoms with Gasteiger partial charge in [0.05, 0.1) is 26.1 Å². The van der Waals surface area contributed by atoms with Crippen LogP contribution in [0.25, 0.3) is 0 Å². The van der Waals surface area contributed by atoms with Crippen LogP contribution in [0.2, 0.25) is 0 Å². The Morgan fingerprint density at radius 2 is 1.07 bits per heavy atom. The fourth-order valence-corrected chi connectivity index (χ4v) is 5.83. The summed E-state index contributed by atoms with van der Waals surface area (Å²) in [5.41, 5.74) is 4.75. The third kappa shape index (κ3) is 8.36. The Morgan fingerprint density at radius 1 is 0.591 bits per heavy atom. The molecule has 6 heteroatoms. The average molecular weight is 614 g/mol. The number of nitrogens with zero attached hydrogens (tertiary/aromatic N) is 1. The van der Waals surface area contributed by atoms with Crippen LogP contribution >= 0.6 is 22.7 Å². The maximum atomic E-state index is 11.0. The summed E-state index contributed by atoms with van der Waals surface area (Å²) in [6.45, 7) is 2.93. The summed E-state index contributed by atoms with van der Waals surface area (Å²) in [6, 6.07) is 31.8. The van der Waals surface area contributed by atoms with Gasteiger partial charge in [0.15, 0.2) is 12.6 Å². The molecule has 0 radical (unpaired) electrons. The van der Waals surface area contributed by atoms with Gasteiger partial charge in [-0.05, 0) is 103 Å². The minimum Gasteiger partial charge on any atom is -0.494 e. The van der Waals surface area contributed by atoms with Gasteiger partial charge in [-0.1, -0.05) is 49.9 Å². The summed E-state index contributed by atoms with van der Waals surface area (Å²) >= 11 is 2.77. The van der Waals surface area contributed by atoms with Gasteiger partial charge in [0, 0.05) is 28.2 Å². The van der Waals surface area contributed by atoms with E-state index in [-0.39, 0.29) is 0 Å². The molecule has 0 aliphatic carbocycles. The summed E-state index contributed by atoms with van der Waals surface area (Å²) in [4.78, 5) is 27.2. The largest absolute Gasteiger partial charge is 0.494 e. The fraction of sp³-hybridized carbons (Fsp3) is 0.158. The number of aldehydes is 2. The summed E-state index contributed by atoms with van der Waals surface area (Å²) in [7, 11) is 0. The lowest BCUT2D eigenvalue weighted by Crippen LogP contribution is -2.10. The molecule has 2 heterocycles. The lowest BCUT2D eigenvalue weighted by molar-refractivity contribution is 0.111. The second-order valence-electron chi connectivity index (χ2n) is 9.97. The molecule has 0 unspecified atom stereocenters.